The summed E-state index contributed by atoms with van der Waals surface area (Å²) >= 11 is 5.99. The maximum absolute atomic E-state index is 9.82. The summed E-state index contributed by atoms with van der Waals surface area (Å²) < 4.78 is 5.14. The molecule has 6 heteroatoms. The van der Waals surface area contributed by atoms with Crippen LogP contribution in [0.15, 0.2) is 53.5 Å². The zero-order valence-electron chi connectivity index (χ0n) is 16.0. The third kappa shape index (κ3) is 4.43. The maximum atomic E-state index is 9.82. The second-order valence-electron chi connectivity index (χ2n) is 6.21. The van der Waals surface area contributed by atoms with Gasteiger partial charge in [0.2, 0.25) is 0 Å². The minimum absolute atomic E-state index is 0.363. The van der Waals surface area contributed by atoms with Crippen LogP contribution in [0.4, 0.5) is 5.69 Å². The summed E-state index contributed by atoms with van der Waals surface area (Å²) in [6, 6.07) is 18.8. The molecule has 0 bridgehead atoms. The minimum atomic E-state index is 0.363. The van der Waals surface area contributed by atoms with E-state index in [4.69, 9.17) is 16.3 Å². The molecule has 0 saturated heterocycles. The molecule has 0 spiro atoms. The zero-order valence-corrected chi connectivity index (χ0v) is 16.7. The quantitative estimate of drug-likeness (QED) is 0.536. The Morgan fingerprint density at radius 3 is 2.28 bits per heavy atom. The molecule has 0 N–H and O–H groups in total. The highest BCUT2D eigenvalue weighted by atomic mass is 35.5. The van der Waals surface area contributed by atoms with E-state index in [1.54, 1.807) is 44.5 Å². The maximum Gasteiger partial charge on any atom is 0.119 e. The highest BCUT2D eigenvalue weighted by molar-refractivity contribution is 6.30. The second kappa shape index (κ2) is 9.01. The largest absolute Gasteiger partial charge is 0.497 e. The standard InChI is InChI=1S/C23H17ClN4O/c1-15-20(13-25)23(16-3-5-17(24)6-4-16)21(14-26)22(28-15)11-12-27-18-7-9-19(29-2)10-8-18/h3-10,12H,11H2,1-2H3. The average molecular weight is 401 g/mol. The number of hydrogen-bond acceptors (Lipinski definition) is 5. The summed E-state index contributed by atoms with van der Waals surface area (Å²) in [4.78, 5) is 8.92. The summed E-state index contributed by atoms with van der Waals surface area (Å²) in [6.45, 7) is 1.77. The first-order chi connectivity index (χ1) is 14.1. The van der Waals surface area contributed by atoms with Crippen molar-refractivity contribution >= 4 is 23.5 Å². The highest BCUT2D eigenvalue weighted by Gasteiger charge is 2.19. The lowest BCUT2D eigenvalue weighted by Gasteiger charge is -2.12. The molecule has 3 aromatic rings. The van der Waals surface area contributed by atoms with E-state index in [1.165, 1.54) is 0 Å². The van der Waals surface area contributed by atoms with E-state index in [9.17, 15) is 10.5 Å². The lowest BCUT2D eigenvalue weighted by Crippen LogP contribution is -2.05. The topological polar surface area (TPSA) is 82.1 Å². The van der Waals surface area contributed by atoms with Gasteiger partial charge in [0.05, 0.1) is 35.3 Å². The van der Waals surface area contributed by atoms with Crippen LogP contribution >= 0.6 is 11.6 Å². The van der Waals surface area contributed by atoms with Crippen molar-refractivity contribution in [1.29, 1.82) is 10.5 Å². The molecular weight excluding hydrogens is 384 g/mol. The number of aliphatic imine (C=N–C) groups is 1. The van der Waals surface area contributed by atoms with Crippen LogP contribution in [0.25, 0.3) is 11.1 Å². The fourth-order valence-corrected chi connectivity index (χ4v) is 3.11. The van der Waals surface area contributed by atoms with Crippen LogP contribution in [-0.2, 0) is 6.42 Å². The summed E-state index contributed by atoms with van der Waals surface area (Å²) in [5, 5.41) is 20.0. The fourth-order valence-electron chi connectivity index (χ4n) is 2.98. The molecule has 0 aliphatic rings. The van der Waals surface area contributed by atoms with Crippen LogP contribution in [0, 0.1) is 29.6 Å². The first-order valence-corrected chi connectivity index (χ1v) is 9.21. The van der Waals surface area contributed by atoms with Crippen LogP contribution in [0.2, 0.25) is 5.02 Å². The molecule has 3 rings (SSSR count). The predicted octanol–water partition coefficient (Wildman–Crippen LogP) is 5.41. The number of nitriles is 2. The lowest BCUT2D eigenvalue weighted by atomic mass is 9.93. The van der Waals surface area contributed by atoms with Gasteiger partial charge in [-0.2, -0.15) is 10.5 Å². The van der Waals surface area contributed by atoms with Gasteiger partial charge in [0.15, 0.2) is 0 Å². The van der Waals surface area contributed by atoms with Crippen molar-refractivity contribution in [2.24, 2.45) is 4.99 Å². The number of rotatable bonds is 5. The van der Waals surface area contributed by atoms with Gasteiger partial charge in [-0.15, -0.1) is 0 Å². The van der Waals surface area contributed by atoms with E-state index in [1.807, 2.05) is 24.3 Å². The van der Waals surface area contributed by atoms with Crippen molar-refractivity contribution in [3.63, 3.8) is 0 Å². The van der Waals surface area contributed by atoms with E-state index in [0.29, 0.717) is 39.5 Å². The molecule has 1 heterocycles. The summed E-state index contributed by atoms with van der Waals surface area (Å²) in [6.07, 6.45) is 2.07. The van der Waals surface area contributed by atoms with Gasteiger partial charge in [0, 0.05) is 23.2 Å². The second-order valence-corrected chi connectivity index (χ2v) is 6.65. The highest BCUT2D eigenvalue weighted by Crippen LogP contribution is 2.31. The molecule has 0 fully saturated rings. The van der Waals surface area contributed by atoms with E-state index in [2.05, 4.69) is 22.1 Å². The first kappa shape index (κ1) is 20.1. The third-order valence-corrected chi connectivity index (χ3v) is 4.66. The monoisotopic (exact) mass is 400 g/mol. The summed E-state index contributed by atoms with van der Waals surface area (Å²) in [7, 11) is 1.61. The minimum Gasteiger partial charge on any atom is -0.497 e. The Labute approximate surface area is 174 Å². The average Bonchev–Trinajstić information content (AvgIpc) is 2.74. The van der Waals surface area contributed by atoms with E-state index < -0.39 is 0 Å². The molecule has 29 heavy (non-hydrogen) atoms. The SMILES string of the molecule is COc1ccc(N=CCc2nc(C)c(C#N)c(-c3ccc(Cl)cc3)c2C#N)cc1. The zero-order chi connectivity index (χ0) is 20.8. The number of hydrogen-bond donors (Lipinski definition) is 0. The fraction of sp³-hybridized carbons (Fsp3) is 0.130. The van der Waals surface area contributed by atoms with Crippen molar-refractivity contribution < 1.29 is 4.74 Å². The molecule has 1 aromatic heterocycles. The number of methoxy groups -OCH3 is 1. The molecule has 0 unspecified atom stereocenters. The molecule has 5 nitrogen and oxygen atoms in total. The summed E-state index contributed by atoms with van der Waals surface area (Å²) in [5.41, 5.74) is 4.01. The molecule has 0 amide bonds. The van der Waals surface area contributed by atoms with Gasteiger partial charge >= 0.3 is 0 Å². The van der Waals surface area contributed by atoms with Crippen LogP contribution < -0.4 is 4.74 Å². The smallest absolute Gasteiger partial charge is 0.119 e. The number of aromatic nitrogens is 1. The van der Waals surface area contributed by atoms with Crippen LogP contribution in [-0.4, -0.2) is 18.3 Å². The number of benzene rings is 2. The number of halogens is 1. The van der Waals surface area contributed by atoms with Crippen molar-refractivity contribution in [2.75, 3.05) is 7.11 Å². The molecule has 0 aliphatic heterocycles. The number of pyridine rings is 1. The molecule has 142 valence electrons. The molecule has 0 aliphatic carbocycles. The van der Waals surface area contributed by atoms with E-state index in [-0.39, 0.29) is 0 Å². The van der Waals surface area contributed by atoms with Crippen LogP contribution in [0.5, 0.6) is 5.75 Å². The van der Waals surface area contributed by atoms with Gasteiger partial charge in [-0.3, -0.25) is 9.98 Å². The van der Waals surface area contributed by atoms with Gasteiger partial charge in [-0.25, -0.2) is 0 Å². The Bertz CT molecular complexity index is 1140. The predicted molar refractivity (Wildman–Crippen MR) is 114 cm³/mol. The first-order valence-electron chi connectivity index (χ1n) is 8.83. The van der Waals surface area contributed by atoms with Gasteiger partial charge in [0.25, 0.3) is 0 Å². The van der Waals surface area contributed by atoms with Crippen molar-refractivity contribution in [3.05, 3.63) is 76.1 Å². The Balaban J connectivity index is 2.01. The van der Waals surface area contributed by atoms with Gasteiger partial charge < -0.3 is 4.74 Å². The van der Waals surface area contributed by atoms with Gasteiger partial charge in [-0.1, -0.05) is 23.7 Å². The van der Waals surface area contributed by atoms with Crippen molar-refractivity contribution in [1.82, 2.24) is 4.98 Å². The molecule has 0 radical (unpaired) electrons. The Morgan fingerprint density at radius 2 is 1.69 bits per heavy atom. The normalized spacial score (nSPS) is 10.5. The number of nitrogens with zero attached hydrogens (tertiary/aromatic N) is 4. The van der Waals surface area contributed by atoms with E-state index in [0.717, 1.165) is 17.0 Å². The molecule has 2 aromatic carbocycles. The number of aryl methyl sites for hydroxylation is 1. The van der Waals surface area contributed by atoms with E-state index >= 15 is 0 Å². The lowest BCUT2D eigenvalue weighted by molar-refractivity contribution is 0.415. The van der Waals surface area contributed by atoms with Crippen LogP contribution in [0.3, 0.4) is 0 Å². The van der Waals surface area contributed by atoms with Gasteiger partial charge in [0.1, 0.15) is 17.9 Å². The summed E-state index contributed by atoms with van der Waals surface area (Å²) in [5.74, 6) is 0.757. The Morgan fingerprint density at radius 1 is 1.03 bits per heavy atom. The van der Waals surface area contributed by atoms with Gasteiger partial charge in [-0.05, 0) is 48.9 Å². The van der Waals surface area contributed by atoms with Crippen LogP contribution in [0.1, 0.15) is 22.5 Å². The molecule has 0 saturated carbocycles. The number of ether oxygens (including phenoxy) is 1. The molecule has 0 atom stereocenters. The Kier molecular flexibility index (Phi) is 6.24. The third-order valence-electron chi connectivity index (χ3n) is 4.41. The van der Waals surface area contributed by atoms with Crippen molar-refractivity contribution in [3.8, 4) is 29.0 Å². The Hall–Kier alpha value is -3.67. The van der Waals surface area contributed by atoms with Crippen molar-refractivity contribution in [2.45, 2.75) is 13.3 Å². The molecular formula is C23H17ClN4O.